The lowest BCUT2D eigenvalue weighted by Crippen LogP contribution is -1.97. The second-order valence-corrected chi connectivity index (χ2v) is 5.42. The van der Waals surface area contributed by atoms with Crippen LogP contribution in [0.5, 0.6) is 5.75 Å². The van der Waals surface area contributed by atoms with Crippen molar-refractivity contribution in [1.29, 1.82) is 5.26 Å². The fraction of sp³-hybridized carbons (Fsp3) is 0.0500. The number of carboxylic acids is 1. The van der Waals surface area contributed by atoms with E-state index in [0.717, 1.165) is 11.3 Å². The van der Waals surface area contributed by atoms with Gasteiger partial charge in [-0.3, -0.25) is 0 Å². The minimum absolute atomic E-state index is 0.354. The van der Waals surface area contributed by atoms with Gasteiger partial charge in [0.15, 0.2) is 0 Å². The number of aliphatic carboxylic acids is 1. The van der Waals surface area contributed by atoms with Crippen molar-refractivity contribution in [1.82, 2.24) is 9.78 Å². The van der Waals surface area contributed by atoms with Crippen LogP contribution in [-0.2, 0) is 4.79 Å². The molecule has 0 aliphatic heterocycles. The molecule has 0 radical (unpaired) electrons. The van der Waals surface area contributed by atoms with Gasteiger partial charge in [-0.1, -0.05) is 18.2 Å². The highest BCUT2D eigenvalue weighted by Crippen LogP contribution is 2.27. The van der Waals surface area contributed by atoms with Crippen molar-refractivity contribution in [3.63, 3.8) is 0 Å². The normalized spacial score (nSPS) is 11.0. The Labute approximate surface area is 150 Å². The van der Waals surface area contributed by atoms with Gasteiger partial charge in [0.05, 0.1) is 18.5 Å². The van der Waals surface area contributed by atoms with E-state index in [0.29, 0.717) is 17.0 Å². The van der Waals surface area contributed by atoms with E-state index in [4.69, 9.17) is 15.1 Å². The van der Waals surface area contributed by atoms with Crippen LogP contribution >= 0.6 is 0 Å². The van der Waals surface area contributed by atoms with E-state index in [1.807, 2.05) is 42.5 Å². The summed E-state index contributed by atoms with van der Waals surface area (Å²) in [4.78, 5) is 11.2. The summed E-state index contributed by atoms with van der Waals surface area (Å²) in [6, 6.07) is 18.4. The second kappa shape index (κ2) is 7.36. The Kier molecular flexibility index (Phi) is 4.81. The van der Waals surface area contributed by atoms with Gasteiger partial charge < -0.3 is 9.84 Å². The molecule has 2 aromatic carbocycles. The first-order valence-electron chi connectivity index (χ1n) is 7.77. The number of aromatic nitrogens is 2. The fourth-order valence-corrected chi connectivity index (χ4v) is 2.48. The summed E-state index contributed by atoms with van der Waals surface area (Å²) < 4.78 is 6.82. The molecule has 0 spiro atoms. The van der Waals surface area contributed by atoms with E-state index in [1.54, 1.807) is 36.2 Å². The lowest BCUT2D eigenvalue weighted by Gasteiger charge is -2.02. The average molecular weight is 345 g/mol. The molecule has 6 heteroatoms. The van der Waals surface area contributed by atoms with E-state index in [-0.39, 0.29) is 5.57 Å². The molecule has 1 aromatic heterocycles. The molecular formula is C20H15N3O3. The van der Waals surface area contributed by atoms with Crippen LogP contribution in [0, 0.1) is 11.3 Å². The van der Waals surface area contributed by atoms with E-state index >= 15 is 0 Å². The lowest BCUT2D eigenvalue weighted by molar-refractivity contribution is -0.132. The van der Waals surface area contributed by atoms with Gasteiger partial charge in [-0.15, -0.1) is 0 Å². The van der Waals surface area contributed by atoms with Gasteiger partial charge in [-0.05, 0) is 42.5 Å². The molecule has 3 aromatic rings. The summed E-state index contributed by atoms with van der Waals surface area (Å²) in [5.74, 6) is -0.572. The Bertz CT molecular complexity index is 997. The number of hydrogen-bond acceptors (Lipinski definition) is 4. The third kappa shape index (κ3) is 3.47. The molecule has 26 heavy (non-hydrogen) atoms. The number of methoxy groups -OCH3 is 1. The number of hydrogen-bond donors (Lipinski definition) is 1. The van der Waals surface area contributed by atoms with Gasteiger partial charge >= 0.3 is 5.97 Å². The summed E-state index contributed by atoms with van der Waals surface area (Å²) in [5.41, 5.74) is 2.38. The van der Waals surface area contributed by atoms with Gasteiger partial charge in [-0.2, -0.15) is 10.4 Å². The smallest absolute Gasteiger partial charge is 0.346 e. The standard InChI is InChI=1S/C20H15N3O3/c1-26-18-9-7-14(8-10-18)19-16(11-15(12-21)20(24)25)13-23(22-19)17-5-3-2-4-6-17/h2-11,13H,1H3,(H,24,25). The number of nitriles is 1. The van der Waals surface area contributed by atoms with Crippen LogP contribution in [0.4, 0.5) is 0 Å². The summed E-state index contributed by atoms with van der Waals surface area (Å²) in [5, 5.41) is 22.8. The zero-order valence-corrected chi connectivity index (χ0v) is 14.0. The maximum atomic E-state index is 11.2. The Balaban J connectivity index is 2.15. The van der Waals surface area contributed by atoms with Gasteiger partial charge in [0.25, 0.3) is 0 Å². The summed E-state index contributed by atoms with van der Waals surface area (Å²) in [6.45, 7) is 0. The Morgan fingerprint density at radius 1 is 1.19 bits per heavy atom. The highest BCUT2D eigenvalue weighted by Gasteiger charge is 2.14. The van der Waals surface area contributed by atoms with Crippen molar-refractivity contribution < 1.29 is 14.6 Å². The molecule has 0 unspecified atom stereocenters. The van der Waals surface area contributed by atoms with Crippen LogP contribution in [0.3, 0.4) is 0 Å². The quantitative estimate of drug-likeness (QED) is 0.564. The first-order valence-corrected chi connectivity index (χ1v) is 7.77. The molecule has 0 saturated carbocycles. The van der Waals surface area contributed by atoms with E-state index in [2.05, 4.69) is 5.10 Å². The third-order valence-corrected chi connectivity index (χ3v) is 3.78. The van der Waals surface area contributed by atoms with Gasteiger partial charge in [0.2, 0.25) is 0 Å². The van der Waals surface area contributed by atoms with Crippen LogP contribution in [0.15, 0.2) is 66.4 Å². The maximum Gasteiger partial charge on any atom is 0.346 e. The molecule has 0 amide bonds. The number of carboxylic acid groups (broad SMARTS) is 1. The van der Waals surface area contributed by atoms with Crippen molar-refractivity contribution in [2.75, 3.05) is 7.11 Å². The molecule has 1 N–H and O–H groups in total. The topological polar surface area (TPSA) is 88.1 Å². The number of ether oxygens (including phenoxy) is 1. The molecule has 6 nitrogen and oxygen atoms in total. The molecular weight excluding hydrogens is 330 g/mol. The van der Waals surface area contributed by atoms with E-state index in [1.165, 1.54) is 6.08 Å². The monoisotopic (exact) mass is 345 g/mol. The Morgan fingerprint density at radius 3 is 2.46 bits per heavy atom. The molecule has 3 rings (SSSR count). The molecule has 0 saturated heterocycles. The Hall–Kier alpha value is -3.85. The molecule has 128 valence electrons. The molecule has 0 aliphatic carbocycles. The second-order valence-electron chi connectivity index (χ2n) is 5.42. The number of para-hydroxylation sites is 1. The van der Waals surface area contributed by atoms with Crippen molar-refractivity contribution >= 4 is 12.0 Å². The van der Waals surface area contributed by atoms with Crippen LogP contribution in [0.25, 0.3) is 23.0 Å². The zero-order valence-electron chi connectivity index (χ0n) is 14.0. The van der Waals surface area contributed by atoms with Crippen molar-refractivity contribution in [2.45, 2.75) is 0 Å². The number of rotatable bonds is 5. The number of nitrogens with zero attached hydrogens (tertiary/aromatic N) is 3. The largest absolute Gasteiger partial charge is 0.497 e. The first kappa shape index (κ1) is 17.0. The molecule has 0 aliphatic rings. The summed E-state index contributed by atoms with van der Waals surface area (Å²) >= 11 is 0. The molecule has 0 fully saturated rings. The van der Waals surface area contributed by atoms with Crippen LogP contribution in [-0.4, -0.2) is 28.0 Å². The number of carbonyl (C=O) groups is 1. The SMILES string of the molecule is COc1ccc(-c2nn(-c3ccccc3)cc2C=C(C#N)C(=O)O)cc1. The van der Waals surface area contributed by atoms with Crippen LogP contribution < -0.4 is 4.74 Å². The van der Waals surface area contributed by atoms with Gasteiger partial charge in [-0.25, -0.2) is 9.48 Å². The van der Waals surface area contributed by atoms with Crippen molar-refractivity contribution in [3.05, 3.63) is 71.9 Å². The van der Waals surface area contributed by atoms with Crippen LogP contribution in [0.1, 0.15) is 5.56 Å². The van der Waals surface area contributed by atoms with Gasteiger partial charge in [0.1, 0.15) is 17.4 Å². The van der Waals surface area contributed by atoms with E-state index < -0.39 is 5.97 Å². The predicted molar refractivity (Wildman–Crippen MR) is 96.8 cm³/mol. The summed E-state index contributed by atoms with van der Waals surface area (Å²) in [6.07, 6.45) is 3.03. The number of benzene rings is 2. The average Bonchev–Trinajstić information content (AvgIpc) is 3.10. The maximum absolute atomic E-state index is 11.2. The predicted octanol–water partition coefficient (Wildman–Crippen LogP) is 3.54. The fourth-order valence-electron chi connectivity index (χ4n) is 2.48. The molecule has 0 bridgehead atoms. The Morgan fingerprint density at radius 2 is 1.88 bits per heavy atom. The third-order valence-electron chi connectivity index (χ3n) is 3.78. The first-order chi connectivity index (χ1) is 12.6. The highest BCUT2D eigenvalue weighted by molar-refractivity contribution is 5.97. The van der Waals surface area contributed by atoms with Crippen LogP contribution in [0.2, 0.25) is 0 Å². The molecule has 0 atom stereocenters. The van der Waals surface area contributed by atoms with Crippen molar-refractivity contribution in [2.24, 2.45) is 0 Å². The van der Waals surface area contributed by atoms with E-state index in [9.17, 15) is 4.79 Å². The lowest BCUT2D eigenvalue weighted by atomic mass is 10.1. The minimum atomic E-state index is -1.28. The van der Waals surface area contributed by atoms with Gasteiger partial charge in [0, 0.05) is 17.3 Å². The summed E-state index contributed by atoms with van der Waals surface area (Å²) in [7, 11) is 1.58. The van der Waals surface area contributed by atoms with Crippen molar-refractivity contribution in [3.8, 4) is 28.8 Å². The highest BCUT2D eigenvalue weighted by atomic mass is 16.5. The minimum Gasteiger partial charge on any atom is -0.497 e. The zero-order chi connectivity index (χ0) is 18.5. The molecule has 1 heterocycles.